The number of nitrogens with zero attached hydrogens (tertiary/aromatic N) is 4. The number of hydrogen-bond acceptors (Lipinski definition) is 7. The van der Waals surface area contributed by atoms with E-state index in [1.165, 1.54) is 18.7 Å². The van der Waals surface area contributed by atoms with Gasteiger partial charge in [0.15, 0.2) is 10.9 Å². The summed E-state index contributed by atoms with van der Waals surface area (Å²) >= 11 is 1.26. The summed E-state index contributed by atoms with van der Waals surface area (Å²) in [5.41, 5.74) is 1.73. The first-order valence-corrected chi connectivity index (χ1v) is 11.7. The first-order chi connectivity index (χ1) is 16.4. The Hall–Kier alpha value is -3.50. The standard InChI is InChI=1S/C24H25N5O4S/c1-15(30)17-9-11-18(12-10-17)25-21(31)16(2)34-24-27-26-23-28(13-6-14-33-3)22(32)19-7-4-5-8-20(19)29(23)24/h4-5,7-12,16H,6,13-14H2,1-3H3,(H,25,31). The molecule has 34 heavy (non-hydrogen) atoms. The number of benzene rings is 2. The smallest absolute Gasteiger partial charge is 0.262 e. The van der Waals surface area contributed by atoms with Crippen molar-refractivity contribution in [3.63, 3.8) is 0 Å². The molecule has 0 radical (unpaired) electrons. The maximum Gasteiger partial charge on any atom is 0.262 e. The van der Waals surface area contributed by atoms with E-state index in [4.69, 9.17) is 4.74 Å². The molecule has 0 aliphatic heterocycles. The third kappa shape index (κ3) is 4.73. The highest BCUT2D eigenvalue weighted by Crippen LogP contribution is 2.26. The van der Waals surface area contributed by atoms with Gasteiger partial charge < -0.3 is 10.1 Å². The van der Waals surface area contributed by atoms with Crippen LogP contribution in [0.5, 0.6) is 0 Å². The molecular formula is C24H25N5O4S. The first-order valence-electron chi connectivity index (χ1n) is 10.8. The first kappa shape index (κ1) is 23.7. The van der Waals surface area contributed by atoms with E-state index in [2.05, 4.69) is 15.5 Å². The summed E-state index contributed by atoms with van der Waals surface area (Å²) < 4.78 is 8.55. The highest BCUT2D eigenvalue weighted by Gasteiger charge is 2.21. The lowest BCUT2D eigenvalue weighted by Crippen LogP contribution is -2.24. The van der Waals surface area contributed by atoms with Gasteiger partial charge in [0.25, 0.3) is 5.56 Å². The number of anilines is 1. The number of aryl methyl sites for hydroxylation is 1. The summed E-state index contributed by atoms with van der Waals surface area (Å²) in [7, 11) is 1.62. The van der Waals surface area contributed by atoms with E-state index in [0.29, 0.717) is 52.7 Å². The van der Waals surface area contributed by atoms with Crippen molar-refractivity contribution in [2.24, 2.45) is 0 Å². The molecule has 0 spiro atoms. The SMILES string of the molecule is COCCCn1c(=O)c2ccccc2n2c(SC(C)C(=O)Nc3ccc(C(C)=O)cc3)nnc12. The van der Waals surface area contributed by atoms with Crippen LogP contribution < -0.4 is 10.9 Å². The normalized spacial score (nSPS) is 12.2. The van der Waals surface area contributed by atoms with Crippen LogP contribution in [0.2, 0.25) is 0 Å². The number of amides is 1. The van der Waals surface area contributed by atoms with Crippen molar-refractivity contribution in [1.82, 2.24) is 19.2 Å². The van der Waals surface area contributed by atoms with Gasteiger partial charge in [0.2, 0.25) is 11.7 Å². The molecule has 4 rings (SSSR count). The second kappa shape index (κ2) is 10.2. The van der Waals surface area contributed by atoms with Crippen molar-refractivity contribution in [2.45, 2.75) is 37.2 Å². The Morgan fingerprint density at radius 2 is 1.85 bits per heavy atom. The number of nitrogens with one attached hydrogen (secondary N) is 1. The number of methoxy groups -OCH3 is 1. The van der Waals surface area contributed by atoms with Crippen molar-refractivity contribution in [3.05, 3.63) is 64.4 Å². The molecule has 1 amide bonds. The van der Waals surface area contributed by atoms with E-state index in [1.807, 2.05) is 22.6 Å². The number of ketones is 1. The van der Waals surface area contributed by atoms with Crippen molar-refractivity contribution < 1.29 is 14.3 Å². The predicted octanol–water partition coefficient (Wildman–Crippen LogP) is 3.40. The number of aromatic nitrogens is 4. The van der Waals surface area contributed by atoms with Crippen LogP contribution in [0.3, 0.4) is 0 Å². The van der Waals surface area contributed by atoms with E-state index in [1.54, 1.807) is 48.9 Å². The molecule has 1 N–H and O–H groups in total. The largest absolute Gasteiger partial charge is 0.385 e. The molecule has 0 aliphatic carbocycles. The van der Waals surface area contributed by atoms with Gasteiger partial charge in [-0.3, -0.25) is 23.4 Å². The fourth-order valence-electron chi connectivity index (χ4n) is 3.62. The lowest BCUT2D eigenvalue weighted by molar-refractivity contribution is -0.115. The molecule has 10 heteroatoms. The highest BCUT2D eigenvalue weighted by molar-refractivity contribution is 8.00. The molecule has 0 saturated carbocycles. The molecular weight excluding hydrogens is 454 g/mol. The Kier molecular flexibility index (Phi) is 7.09. The minimum Gasteiger partial charge on any atom is -0.385 e. The van der Waals surface area contributed by atoms with E-state index in [0.717, 1.165) is 0 Å². The molecule has 176 valence electrons. The number of hydrogen-bond donors (Lipinski definition) is 1. The van der Waals surface area contributed by atoms with E-state index < -0.39 is 5.25 Å². The third-order valence-electron chi connectivity index (χ3n) is 5.42. The Morgan fingerprint density at radius 3 is 2.56 bits per heavy atom. The van der Waals surface area contributed by atoms with Gasteiger partial charge in [-0.05, 0) is 56.7 Å². The lowest BCUT2D eigenvalue weighted by Gasteiger charge is -2.13. The Labute approximate surface area is 200 Å². The number of carbonyl (C=O) groups excluding carboxylic acids is 2. The van der Waals surface area contributed by atoms with E-state index >= 15 is 0 Å². The maximum absolute atomic E-state index is 13.1. The van der Waals surface area contributed by atoms with Crippen LogP contribution in [0.15, 0.2) is 58.5 Å². The molecule has 9 nitrogen and oxygen atoms in total. The number of fused-ring (bicyclic) bond motifs is 3. The van der Waals surface area contributed by atoms with Crippen LogP contribution >= 0.6 is 11.8 Å². The van der Waals surface area contributed by atoms with Crippen molar-refractivity contribution in [2.75, 3.05) is 19.0 Å². The molecule has 1 atom stereocenters. The second-order valence-electron chi connectivity index (χ2n) is 7.82. The molecule has 2 heterocycles. The van der Waals surface area contributed by atoms with Gasteiger partial charge in [0, 0.05) is 31.5 Å². The van der Waals surface area contributed by atoms with Crippen LogP contribution in [-0.4, -0.2) is 49.8 Å². The molecule has 2 aromatic heterocycles. The summed E-state index contributed by atoms with van der Waals surface area (Å²) in [6.07, 6.45) is 0.654. The Balaban J connectivity index is 1.63. The maximum atomic E-state index is 13.1. The minimum absolute atomic E-state index is 0.0339. The minimum atomic E-state index is -0.493. The van der Waals surface area contributed by atoms with Gasteiger partial charge in [0.1, 0.15) is 0 Å². The summed E-state index contributed by atoms with van der Waals surface area (Å²) in [6.45, 7) is 4.24. The highest BCUT2D eigenvalue weighted by atomic mass is 32.2. The molecule has 4 aromatic rings. The van der Waals surface area contributed by atoms with Crippen LogP contribution in [0.1, 0.15) is 30.6 Å². The molecule has 0 aliphatic rings. The van der Waals surface area contributed by atoms with Crippen molar-refractivity contribution in [3.8, 4) is 0 Å². The molecule has 0 bridgehead atoms. The summed E-state index contributed by atoms with van der Waals surface area (Å²) in [5, 5.41) is 12.0. The average Bonchev–Trinajstić information content (AvgIpc) is 3.25. The molecule has 1 unspecified atom stereocenters. The number of ether oxygens (including phenoxy) is 1. The number of thioether (sulfide) groups is 1. The number of Topliss-reactive ketones (excluding diaryl/α,β-unsaturated/α-hetero) is 1. The number of rotatable bonds is 9. The zero-order valence-corrected chi connectivity index (χ0v) is 20.0. The fraction of sp³-hybridized carbons (Fsp3) is 0.292. The van der Waals surface area contributed by atoms with Gasteiger partial charge in [-0.1, -0.05) is 23.9 Å². The fourth-order valence-corrected chi connectivity index (χ4v) is 4.48. The second-order valence-corrected chi connectivity index (χ2v) is 9.13. The van der Waals surface area contributed by atoms with Crippen LogP contribution in [0, 0.1) is 0 Å². The number of para-hydroxylation sites is 1. The zero-order chi connectivity index (χ0) is 24.2. The van der Waals surface area contributed by atoms with Gasteiger partial charge in [-0.2, -0.15) is 0 Å². The van der Waals surface area contributed by atoms with E-state index in [9.17, 15) is 14.4 Å². The van der Waals surface area contributed by atoms with Crippen molar-refractivity contribution in [1.29, 1.82) is 0 Å². The summed E-state index contributed by atoms with van der Waals surface area (Å²) in [6, 6.07) is 14.0. The quantitative estimate of drug-likeness (QED) is 0.223. The summed E-state index contributed by atoms with van der Waals surface area (Å²) in [5.74, 6) is 0.179. The topological polar surface area (TPSA) is 108 Å². The van der Waals surface area contributed by atoms with Crippen LogP contribution in [0.4, 0.5) is 5.69 Å². The van der Waals surface area contributed by atoms with Crippen LogP contribution in [-0.2, 0) is 16.1 Å². The van der Waals surface area contributed by atoms with Gasteiger partial charge in [-0.25, -0.2) is 0 Å². The molecule has 0 saturated heterocycles. The Bertz CT molecular complexity index is 1410. The monoisotopic (exact) mass is 479 g/mol. The van der Waals surface area contributed by atoms with Crippen LogP contribution in [0.25, 0.3) is 16.7 Å². The lowest BCUT2D eigenvalue weighted by atomic mass is 10.1. The molecule has 0 fully saturated rings. The van der Waals surface area contributed by atoms with E-state index in [-0.39, 0.29) is 17.2 Å². The van der Waals surface area contributed by atoms with Gasteiger partial charge in [0.05, 0.1) is 16.2 Å². The van der Waals surface area contributed by atoms with Gasteiger partial charge in [-0.15, -0.1) is 10.2 Å². The predicted molar refractivity (Wildman–Crippen MR) is 132 cm³/mol. The number of carbonyl (C=O) groups is 2. The van der Waals surface area contributed by atoms with Crippen molar-refractivity contribution >= 4 is 45.8 Å². The zero-order valence-electron chi connectivity index (χ0n) is 19.1. The molecule has 2 aromatic carbocycles. The Morgan fingerprint density at radius 1 is 1.12 bits per heavy atom. The third-order valence-corrected chi connectivity index (χ3v) is 6.46. The summed E-state index contributed by atoms with van der Waals surface area (Å²) in [4.78, 5) is 37.4. The average molecular weight is 480 g/mol. The van der Waals surface area contributed by atoms with Gasteiger partial charge >= 0.3 is 0 Å².